The number of hydrogen-bond acceptors (Lipinski definition) is 5. The molecule has 1 fully saturated rings. The molecule has 0 N–H and O–H groups in total. The molecule has 0 bridgehead atoms. The highest BCUT2D eigenvalue weighted by Crippen LogP contribution is 2.31. The number of benzene rings is 2. The number of ether oxygens (including phenoxy) is 3. The molecule has 2 heterocycles. The fourth-order valence-corrected chi connectivity index (χ4v) is 3.49. The highest BCUT2D eigenvalue weighted by atomic mass is 35.5. The topological polar surface area (TPSA) is 68.3 Å². The molecule has 2 aromatic rings. The van der Waals surface area contributed by atoms with E-state index in [9.17, 15) is 14.0 Å². The van der Waals surface area contributed by atoms with Gasteiger partial charge in [0.25, 0.3) is 11.8 Å². The molecule has 1 saturated heterocycles. The first kappa shape index (κ1) is 20.3. The summed E-state index contributed by atoms with van der Waals surface area (Å²) in [7, 11) is 0. The van der Waals surface area contributed by atoms with Crippen molar-refractivity contribution < 1.29 is 28.2 Å². The summed E-state index contributed by atoms with van der Waals surface area (Å²) in [6.45, 7) is 1.54. The van der Waals surface area contributed by atoms with Gasteiger partial charge in [-0.25, -0.2) is 4.39 Å². The molecular weight excluding hydrogens is 415 g/mol. The van der Waals surface area contributed by atoms with Crippen molar-refractivity contribution in [1.82, 2.24) is 9.80 Å². The van der Waals surface area contributed by atoms with Gasteiger partial charge in [0.05, 0.1) is 5.02 Å². The van der Waals surface area contributed by atoms with Gasteiger partial charge in [-0.05, 0) is 24.3 Å². The van der Waals surface area contributed by atoms with Crippen molar-refractivity contribution in [3.05, 3.63) is 53.3 Å². The first-order valence-corrected chi connectivity index (χ1v) is 9.92. The smallest absolute Gasteiger partial charge is 0.267 e. The molecule has 0 radical (unpaired) electrons. The Morgan fingerprint density at radius 1 is 1.07 bits per heavy atom. The van der Waals surface area contributed by atoms with Crippen molar-refractivity contribution >= 4 is 23.4 Å². The molecule has 1 atom stereocenters. The van der Waals surface area contributed by atoms with Gasteiger partial charge in [-0.2, -0.15) is 0 Å². The standard InChI is InChI=1S/C21H20ClFN2O5/c22-15-11-14(5-6-16(15)23)28-13-20(26)24-7-9-25(10-8-24)21(27)19-12-29-17-3-1-2-4-18(17)30-19/h1-6,11,19H,7-10,12-13H2/t19-/m0/s1. The van der Waals surface area contributed by atoms with Crippen LogP contribution in [0.3, 0.4) is 0 Å². The number of nitrogens with zero attached hydrogens (tertiary/aromatic N) is 2. The van der Waals surface area contributed by atoms with Gasteiger partial charge >= 0.3 is 0 Å². The lowest BCUT2D eigenvalue weighted by Gasteiger charge is -2.37. The van der Waals surface area contributed by atoms with E-state index in [4.69, 9.17) is 25.8 Å². The number of carbonyl (C=O) groups excluding carboxylic acids is 2. The maximum absolute atomic E-state index is 13.2. The van der Waals surface area contributed by atoms with Gasteiger partial charge in [0.1, 0.15) is 18.2 Å². The average Bonchev–Trinajstić information content (AvgIpc) is 2.79. The van der Waals surface area contributed by atoms with E-state index < -0.39 is 11.9 Å². The predicted molar refractivity (Wildman–Crippen MR) is 106 cm³/mol. The van der Waals surface area contributed by atoms with Gasteiger partial charge in [0.15, 0.2) is 18.1 Å². The Bertz CT molecular complexity index is 949. The quantitative estimate of drug-likeness (QED) is 0.739. The van der Waals surface area contributed by atoms with Crippen molar-refractivity contribution in [2.45, 2.75) is 6.10 Å². The largest absolute Gasteiger partial charge is 0.485 e. The van der Waals surface area contributed by atoms with Crippen molar-refractivity contribution in [3.8, 4) is 17.2 Å². The van der Waals surface area contributed by atoms with Crippen LogP contribution in [0.1, 0.15) is 0 Å². The van der Waals surface area contributed by atoms with Crippen molar-refractivity contribution in [3.63, 3.8) is 0 Å². The normalized spacial score (nSPS) is 18.1. The van der Waals surface area contributed by atoms with Crippen LogP contribution < -0.4 is 14.2 Å². The molecule has 4 rings (SSSR count). The van der Waals surface area contributed by atoms with E-state index in [-0.39, 0.29) is 30.1 Å². The predicted octanol–water partition coefficient (Wildman–Crippen LogP) is 2.37. The number of hydrogen-bond donors (Lipinski definition) is 0. The van der Waals surface area contributed by atoms with Gasteiger partial charge in [0.2, 0.25) is 6.10 Å². The van der Waals surface area contributed by atoms with Crippen molar-refractivity contribution in [2.24, 2.45) is 0 Å². The van der Waals surface area contributed by atoms with Crippen LogP contribution >= 0.6 is 11.6 Å². The van der Waals surface area contributed by atoms with Gasteiger partial charge in [-0.1, -0.05) is 23.7 Å². The molecule has 2 amide bonds. The van der Waals surface area contributed by atoms with Crippen LogP contribution in [0.4, 0.5) is 4.39 Å². The molecule has 0 spiro atoms. The molecule has 30 heavy (non-hydrogen) atoms. The molecule has 9 heteroatoms. The van der Waals surface area contributed by atoms with Gasteiger partial charge in [-0.15, -0.1) is 0 Å². The molecule has 2 aromatic carbocycles. The number of piperazine rings is 1. The number of rotatable bonds is 4. The molecule has 7 nitrogen and oxygen atoms in total. The Hall–Kier alpha value is -3.00. The summed E-state index contributed by atoms with van der Waals surface area (Å²) in [4.78, 5) is 28.4. The third kappa shape index (κ3) is 4.43. The minimum atomic E-state index is -0.700. The maximum Gasteiger partial charge on any atom is 0.267 e. The molecule has 0 aliphatic carbocycles. The SMILES string of the molecule is O=C(COc1ccc(F)c(Cl)c1)N1CCN(C(=O)[C@@H]2COc3ccccc3O2)CC1. The van der Waals surface area contributed by atoms with Gasteiger partial charge in [0, 0.05) is 32.2 Å². The van der Waals surface area contributed by atoms with Crippen LogP contribution in [0.5, 0.6) is 17.2 Å². The lowest BCUT2D eigenvalue weighted by molar-refractivity contribution is -0.146. The summed E-state index contributed by atoms with van der Waals surface area (Å²) >= 11 is 5.71. The van der Waals surface area contributed by atoms with E-state index >= 15 is 0 Å². The lowest BCUT2D eigenvalue weighted by atomic mass is 10.2. The van der Waals surface area contributed by atoms with Crippen LogP contribution in [0.15, 0.2) is 42.5 Å². The number of carbonyl (C=O) groups is 2. The fraction of sp³-hybridized carbons (Fsp3) is 0.333. The van der Waals surface area contributed by atoms with E-state index in [0.29, 0.717) is 43.4 Å². The fourth-order valence-electron chi connectivity index (χ4n) is 3.32. The Balaban J connectivity index is 1.25. The first-order chi connectivity index (χ1) is 14.5. The number of halogens is 2. The van der Waals surface area contributed by atoms with Crippen LogP contribution in [0, 0.1) is 5.82 Å². The van der Waals surface area contributed by atoms with Gasteiger partial charge in [-0.3, -0.25) is 9.59 Å². The van der Waals surface area contributed by atoms with E-state index in [1.807, 2.05) is 12.1 Å². The summed E-state index contributed by atoms with van der Waals surface area (Å²) in [5, 5.41) is -0.0661. The number of fused-ring (bicyclic) bond motifs is 1. The lowest BCUT2D eigenvalue weighted by Crippen LogP contribution is -2.55. The van der Waals surface area contributed by atoms with E-state index in [1.54, 1.807) is 21.9 Å². The second-order valence-corrected chi connectivity index (χ2v) is 7.34. The zero-order valence-electron chi connectivity index (χ0n) is 16.1. The third-order valence-corrected chi connectivity index (χ3v) is 5.27. The minimum Gasteiger partial charge on any atom is -0.485 e. The minimum absolute atomic E-state index is 0.0661. The summed E-state index contributed by atoms with van der Waals surface area (Å²) in [5.41, 5.74) is 0. The number of para-hydroxylation sites is 2. The van der Waals surface area contributed by atoms with Crippen LogP contribution in [0.25, 0.3) is 0 Å². The molecule has 158 valence electrons. The van der Waals surface area contributed by atoms with Crippen LogP contribution in [0.2, 0.25) is 5.02 Å². The average molecular weight is 435 g/mol. The van der Waals surface area contributed by atoms with E-state index in [0.717, 1.165) is 0 Å². The van der Waals surface area contributed by atoms with E-state index in [2.05, 4.69) is 0 Å². The Morgan fingerprint density at radius 3 is 2.50 bits per heavy atom. The summed E-state index contributed by atoms with van der Waals surface area (Å²) in [6, 6.07) is 11.1. The molecule has 0 unspecified atom stereocenters. The molecule has 0 aromatic heterocycles. The molecular formula is C21H20ClFN2O5. The molecule has 2 aliphatic heterocycles. The summed E-state index contributed by atoms with van der Waals surface area (Å²) < 4.78 is 30.0. The monoisotopic (exact) mass is 434 g/mol. The third-order valence-electron chi connectivity index (χ3n) is 4.98. The summed E-state index contributed by atoms with van der Waals surface area (Å²) in [6.07, 6.45) is -0.700. The van der Waals surface area contributed by atoms with Crippen molar-refractivity contribution in [1.29, 1.82) is 0 Å². The Labute approximate surface area is 177 Å². The second kappa shape index (κ2) is 8.79. The Morgan fingerprint density at radius 2 is 1.77 bits per heavy atom. The molecule has 2 aliphatic rings. The second-order valence-electron chi connectivity index (χ2n) is 6.93. The van der Waals surface area contributed by atoms with Crippen molar-refractivity contribution in [2.75, 3.05) is 39.4 Å². The van der Waals surface area contributed by atoms with Gasteiger partial charge < -0.3 is 24.0 Å². The zero-order chi connectivity index (χ0) is 21.1. The van der Waals surface area contributed by atoms with Crippen LogP contribution in [-0.4, -0.2) is 67.1 Å². The number of amides is 2. The molecule has 0 saturated carbocycles. The van der Waals surface area contributed by atoms with E-state index in [1.165, 1.54) is 18.2 Å². The maximum atomic E-state index is 13.2. The highest BCUT2D eigenvalue weighted by Gasteiger charge is 2.33. The highest BCUT2D eigenvalue weighted by molar-refractivity contribution is 6.30. The first-order valence-electron chi connectivity index (χ1n) is 9.54. The van der Waals surface area contributed by atoms with Crippen LogP contribution in [-0.2, 0) is 9.59 Å². The summed E-state index contributed by atoms with van der Waals surface area (Å²) in [5.74, 6) is 0.571. The Kier molecular flexibility index (Phi) is 5.94. The zero-order valence-corrected chi connectivity index (χ0v) is 16.8.